The number of hydrogen-bond donors (Lipinski definition) is 0. The van der Waals surface area contributed by atoms with Crippen LogP contribution >= 0.6 is 0 Å². The minimum Gasteiger partial charge on any atom is -0.273 e. The number of benzene rings is 1. The maximum Gasteiger partial charge on any atom is 0.182 e. The summed E-state index contributed by atoms with van der Waals surface area (Å²) in [5.41, 5.74) is 2.92. The molecule has 7 nitrogen and oxygen atoms in total. The number of hydroxylamine groups is 1. The number of aromatic nitrogens is 5. The summed E-state index contributed by atoms with van der Waals surface area (Å²) in [6, 6.07) is 10.5. The first-order chi connectivity index (χ1) is 15.2. The van der Waals surface area contributed by atoms with Crippen molar-refractivity contribution in [2.75, 3.05) is 18.7 Å². The zero-order chi connectivity index (χ0) is 21.4. The molecule has 5 rings (SSSR count). The molecule has 1 aliphatic rings. The van der Waals surface area contributed by atoms with Gasteiger partial charge in [0.05, 0.1) is 18.5 Å². The van der Waals surface area contributed by atoms with Crippen LogP contribution in [-0.2, 0) is 11.4 Å². The summed E-state index contributed by atoms with van der Waals surface area (Å²) in [4.78, 5) is 19.6. The molecule has 1 saturated carbocycles. The van der Waals surface area contributed by atoms with Gasteiger partial charge in [-0.25, -0.2) is 29.1 Å². The van der Waals surface area contributed by atoms with E-state index >= 15 is 0 Å². The highest BCUT2D eigenvalue weighted by molar-refractivity contribution is 5.89. The lowest BCUT2D eigenvalue weighted by Crippen LogP contribution is -2.21. The monoisotopic (exact) mass is 418 g/mol. The van der Waals surface area contributed by atoms with Crippen molar-refractivity contribution in [3.63, 3.8) is 0 Å². The average Bonchev–Trinajstić information content (AvgIpc) is 3.57. The van der Waals surface area contributed by atoms with E-state index in [1.807, 2.05) is 38.4 Å². The van der Waals surface area contributed by atoms with Crippen LogP contribution in [0.4, 0.5) is 10.2 Å². The Morgan fingerprint density at radius 1 is 1.16 bits per heavy atom. The minimum atomic E-state index is -0.269. The van der Waals surface area contributed by atoms with Gasteiger partial charge in [0.1, 0.15) is 11.5 Å². The Labute approximate surface area is 179 Å². The highest BCUT2D eigenvalue weighted by Crippen LogP contribution is 2.44. The minimum absolute atomic E-state index is 0.269. The van der Waals surface area contributed by atoms with Crippen molar-refractivity contribution in [2.45, 2.75) is 32.2 Å². The van der Waals surface area contributed by atoms with Crippen LogP contribution in [0.2, 0.25) is 0 Å². The summed E-state index contributed by atoms with van der Waals surface area (Å²) in [5, 5.41) is 7.26. The lowest BCUT2D eigenvalue weighted by Gasteiger charge is -2.20. The Morgan fingerprint density at radius 2 is 2.00 bits per heavy atom. The van der Waals surface area contributed by atoms with Crippen molar-refractivity contribution in [2.24, 2.45) is 0 Å². The first-order valence-electron chi connectivity index (χ1n) is 10.4. The molecule has 0 unspecified atom stereocenters. The maximum atomic E-state index is 14.2. The molecule has 1 aliphatic carbocycles. The molecule has 0 N–H and O–H groups in total. The van der Waals surface area contributed by atoms with Crippen LogP contribution in [0.1, 0.15) is 36.8 Å². The van der Waals surface area contributed by atoms with Crippen molar-refractivity contribution in [1.82, 2.24) is 24.7 Å². The van der Waals surface area contributed by atoms with Gasteiger partial charge in [-0.1, -0.05) is 18.2 Å². The molecule has 0 saturated heterocycles. The molecule has 0 atom stereocenters. The molecule has 8 heteroatoms. The fraction of sp³-hybridized carbons (Fsp3) is 0.304. The second-order valence-electron chi connectivity index (χ2n) is 7.63. The maximum absolute atomic E-state index is 14.2. The van der Waals surface area contributed by atoms with E-state index in [9.17, 15) is 4.39 Å². The van der Waals surface area contributed by atoms with Crippen LogP contribution in [0.5, 0.6) is 0 Å². The van der Waals surface area contributed by atoms with E-state index in [1.54, 1.807) is 28.1 Å². The largest absolute Gasteiger partial charge is 0.273 e. The number of hydrogen-bond acceptors (Lipinski definition) is 6. The van der Waals surface area contributed by atoms with E-state index < -0.39 is 0 Å². The zero-order valence-corrected chi connectivity index (χ0v) is 17.5. The summed E-state index contributed by atoms with van der Waals surface area (Å²) in [6.07, 6.45) is 5.86. The van der Waals surface area contributed by atoms with Gasteiger partial charge in [-0.15, -0.1) is 0 Å². The topological polar surface area (TPSA) is 69.0 Å². The third-order valence-electron chi connectivity index (χ3n) is 5.43. The SMILES string of the molecule is CCON(C)c1nc(-c2nn(Cc3ccccc3F)c3ncccc23)ncc1C1CC1. The first kappa shape index (κ1) is 19.6. The van der Waals surface area contributed by atoms with Gasteiger partial charge < -0.3 is 0 Å². The zero-order valence-electron chi connectivity index (χ0n) is 17.5. The van der Waals surface area contributed by atoms with Gasteiger partial charge in [0.25, 0.3) is 0 Å². The van der Waals surface area contributed by atoms with Gasteiger partial charge >= 0.3 is 0 Å². The Balaban J connectivity index is 1.60. The van der Waals surface area contributed by atoms with E-state index in [-0.39, 0.29) is 12.4 Å². The summed E-state index contributed by atoms with van der Waals surface area (Å²) in [7, 11) is 1.86. The molecule has 158 valence electrons. The van der Waals surface area contributed by atoms with E-state index in [0.29, 0.717) is 35.3 Å². The van der Waals surface area contributed by atoms with E-state index in [0.717, 1.165) is 29.6 Å². The van der Waals surface area contributed by atoms with Crippen LogP contribution in [0.15, 0.2) is 48.8 Å². The number of halogens is 1. The predicted molar refractivity (Wildman–Crippen MR) is 116 cm³/mol. The Kier molecular flexibility index (Phi) is 5.07. The van der Waals surface area contributed by atoms with Gasteiger partial charge in [0.2, 0.25) is 0 Å². The predicted octanol–water partition coefficient (Wildman–Crippen LogP) is 4.34. The van der Waals surface area contributed by atoms with Crippen LogP contribution in [-0.4, -0.2) is 38.4 Å². The van der Waals surface area contributed by atoms with E-state index in [1.165, 1.54) is 6.07 Å². The van der Waals surface area contributed by atoms with Gasteiger partial charge in [-0.3, -0.25) is 4.84 Å². The number of rotatable bonds is 7. The van der Waals surface area contributed by atoms with Crippen molar-refractivity contribution in [1.29, 1.82) is 0 Å². The number of anilines is 1. The quantitative estimate of drug-likeness (QED) is 0.416. The van der Waals surface area contributed by atoms with E-state index in [4.69, 9.17) is 14.9 Å². The summed E-state index contributed by atoms with van der Waals surface area (Å²) in [6.45, 7) is 2.76. The van der Waals surface area contributed by atoms with Crippen LogP contribution in [0, 0.1) is 5.82 Å². The molecule has 1 fully saturated rings. The summed E-state index contributed by atoms with van der Waals surface area (Å²) in [5.74, 6) is 1.46. The van der Waals surface area contributed by atoms with Gasteiger partial charge in [-0.2, -0.15) is 5.10 Å². The highest BCUT2D eigenvalue weighted by atomic mass is 19.1. The molecule has 0 radical (unpaired) electrons. The molecule has 3 aromatic heterocycles. The lowest BCUT2D eigenvalue weighted by molar-refractivity contribution is 0.132. The number of fused-ring (bicyclic) bond motifs is 1. The average molecular weight is 418 g/mol. The first-order valence-corrected chi connectivity index (χ1v) is 10.4. The van der Waals surface area contributed by atoms with Crippen LogP contribution in [0.25, 0.3) is 22.6 Å². The lowest BCUT2D eigenvalue weighted by atomic mass is 10.2. The Morgan fingerprint density at radius 3 is 2.77 bits per heavy atom. The molecule has 0 spiro atoms. The Hall–Kier alpha value is -3.39. The molecule has 31 heavy (non-hydrogen) atoms. The van der Waals surface area contributed by atoms with Crippen molar-refractivity contribution in [3.05, 3.63) is 65.7 Å². The van der Waals surface area contributed by atoms with E-state index in [2.05, 4.69) is 9.97 Å². The van der Waals surface area contributed by atoms with Crippen molar-refractivity contribution < 1.29 is 9.23 Å². The van der Waals surface area contributed by atoms with Gasteiger partial charge in [0.15, 0.2) is 17.3 Å². The number of pyridine rings is 1. The standard InChI is InChI=1S/C23H23FN6O/c1-3-31-29(2)23-18(15-10-11-15)13-26-21(27-23)20-17-8-6-12-25-22(17)30(28-20)14-16-7-4-5-9-19(16)24/h4-9,12-13,15H,3,10-11,14H2,1-2H3. The van der Waals surface area contributed by atoms with Crippen molar-refractivity contribution >= 4 is 16.9 Å². The third-order valence-corrected chi connectivity index (χ3v) is 5.43. The molecular formula is C23H23FN6O. The summed E-state index contributed by atoms with van der Waals surface area (Å²) >= 11 is 0. The molecule has 0 amide bonds. The van der Waals surface area contributed by atoms with Gasteiger partial charge in [0, 0.05) is 30.6 Å². The van der Waals surface area contributed by atoms with Crippen LogP contribution < -0.4 is 5.06 Å². The summed E-state index contributed by atoms with van der Waals surface area (Å²) < 4.78 is 15.9. The molecule has 0 bridgehead atoms. The van der Waals surface area contributed by atoms with Gasteiger partial charge in [-0.05, 0) is 43.9 Å². The molecule has 0 aliphatic heterocycles. The number of nitrogens with zero attached hydrogens (tertiary/aromatic N) is 6. The second kappa shape index (κ2) is 8.03. The highest BCUT2D eigenvalue weighted by Gasteiger charge is 2.30. The Bertz CT molecular complexity index is 1240. The molecular weight excluding hydrogens is 395 g/mol. The fourth-order valence-electron chi connectivity index (χ4n) is 3.76. The third kappa shape index (κ3) is 3.74. The molecule has 4 aromatic rings. The molecule has 1 aromatic carbocycles. The van der Waals surface area contributed by atoms with Crippen LogP contribution in [0.3, 0.4) is 0 Å². The smallest absolute Gasteiger partial charge is 0.182 e. The molecule has 3 heterocycles. The fourth-order valence-corrected chi connectivity index (χ4v) is 3.76. The van der Waals surface area contributed by atoms with Crippen molar-refractivity contribution in [3.8, 4) is 11.5 Å². The second-order valence-corrected chi connectivity index (χ2v) is 7.63. The normalized spacial score (nSPS) is 13.6.